The number of nitrogens with zero attached hydrogens (tertiary/aromatic N) is 3. The Morgan fingerprint density at radius 1 is 1.36 bits per heavy atom. The van der Waals surface area contributed by atoms with E-state index in [0.29, 0.717) is 0 Å². The molecule has 8 heteroatoms. The molecule has 2 rings (SSSR count). The van der Waals surface area contributed by atoms with Gasteiger partial charge in [0, 0.05) is 25.9 Å². The van der Waals surface area contributed by atoms with Gasteiger partial charge in [-0.3, -0.25) is 4.68 Å². The van der Waals surface area contributed by atoms with E-state index < -0.39 is 17.8 Å². The molecular formula is C14H15F3N4O. The van der Waals surface area contributed by atoms with Crippen molar-refractivity contribution in [3.8, 4) is 0 Å². The zero-order valence-corrected chi connectivity index (χ0v) is 12.1. The smallest absolute Gasteiger partial charge is 0.323 e. The molecular weight excluding hydrogens is 297 g/mol. The highest BCUT2D eigenvalue weighted by molar-refractivity contribution is 5.90. The third-order valence-corrected chi connectivity index (χ3v) is 3.00. The summed E-state index contributed by atoms with van der Waals surface area (Å²) in [5, 5.41) is 6.25. The Morgan fingerprint density at radius 3 is 2.64 bits per heavy atom. The second-order valence-electron chi connectivity index (χ2n) is 4.85. The van der Waals surface area contributed by atoms with Crippen LogP contribution in [0.4, 0.5) is 23.7 Å². The maximum absolute atomic E-state index is 12.9. The van der Waals surface area contributed by atoms with Gasteiger partial charge in [-0.2, -0.15) is 18.3 Å². The van der Waals surface area contributed by atoms with Crippen LogP contribution in [0.2, 0.25) is 0 Å². The zero-order chi connectivity index (χ0) is 16.3. The summed E-state index contributed by atoms with van der Waals surface area (Å²) in [6.45, 7) is 0.244. The highest BCUT2D eigenvalue weighted by Crippen LogP contribution is 2.34. The molecule has 5 nitrogen and oxygen atoms in total. The molecule has 0 aliphatic carbocycles. The number of aromatic nitrogens is 2. The average Bonchev–Trinajstić information content (AvgIpc) is 2.83. The van der Waals surface area contributed by atoms with E-state index in [1.54, 1.807) is 24.1 Å². The summed E-state index contributed by atoms with van der Waals surface area (Å²) in [5.41, 5.74) is -0.361. The second kappa shape index (κ2) is 6.08. The quantitative estimate of drug-likeness (QED) is 0.947. The number of hydrogen-bond acceptors (Lipinski definition) is 2. The fraction of sp³-hybridized carbons (Fsp3) is 0.286. The van der Waals surface area contributed by atoms with Gasteiger partial charge in [0.2, 0.25) is 0 Å². The minimum absolute atomic E-state index is 0.244. The number of carbonyl (C=O) groups is 1. The number of nitrogens with one attached hydrogen (secondary N) is 1. The van der Waals surface area contributed by atoms with E-state index >= 15 is 0 Å². The van der Waals surface area contributed by atoms with Gasteiger partial charge in [0.15, 0.2) is 0 Å². The molecule has 2 amide bonds. The molecule has 2 aromatic rings. The zero-order valence-electron chi connectivity index (χ0n) is 12.1. The summed E-state index contributed by atoms with van der Waals surface area (Å²) >= 11 is 0. The highest BCUT2D eigenvalue weighted by atomic mass is 19.4. The predicted octanol–water partition coefficient (Wildman–Crippen LogP) is 3.10. The van der Waals surface area contributed by atoms with Gasteiger partial charge in [-0.15, -0.1) is 0 Å². The van der Waals surface area contributed by atoms with Gasteiger partial charge < -0.3 is 10.2 Å². The van der Waals surface area contributed by atoms with E-state index in [0.717, 1.165) is 11.6 Å². The second-order valence-corrected chi connectivity index (χ2v) is 4.85. The van der Waals surface area contributed by atoms with Gasteiger partial charge in [0.25, 0.3) is 0 Å². The van der Waals surface area contributed by atoms with Gasteiger partial charge in [-0.1, -0.05) is 12.1 Å². The number of benzene rings is 1. The average molecular weight is 312 g/mol. The first kappa shape index (κ1) is 15.9. The van der Waals surface area contributed by atoms with E-state index in [2.05, 4.69) is 10.4 Å². The Balaban J connectivity index is 2.09. The largest absolute Gasteiger partial charge is 0.418 e. The minimum Gasteiger partial charge on any atom is -0.323 e. The van der Waals surface area contributed by atoms with Crippen molar-refractivity contribution < 1.29 is 18.0 Å². The van der Waals surface area contributed by atoms with Crippen LogP contribution in [0.15, 0.2) is 36.7 Å². The third-order valence-electron chi connectivity index (χ3n) is 3.00. The molecule has 0 spiro atoms. The maximum atomic E-state index is 12.9. The van der Waals surface area contributed by atoms with Crippen LogP contribution >= 0.6 is 0 Å². The van der Waals surface area contributed by atoms with Gasteiger partial charge in [0.05, 0.1) is 24.0 Å². The summed E-state index contributed by atoms with van der Waals surface area (Å²) in [4.78, 5) is 13.3. The first-order valence-corrected chi connectivity index (χ1v) is 6.43. The maximum Gasteiger partial charge on any atom is 0.418 e. The molecule has 1 heterocycles. The van der Waals surface area contributed by atoms with Crippen LogP contribution in [0, 0.1) is 0 Å². The Morgan fingerprint density at radius 2 is 2.05 bits per heavy atom. The number of rotatable bonds is 3. The molecule has 0 bridgehead atoms. The molecule has 22 heavy (non-hydrogen) atoms. The molecule has 0 aliphatic heterocycles. The lowest BCUT2D eigenvalue weighted by molar-refractivity contribution is -0.136. The summed E-state index contributed by atoms with van der Waals surface area (Å²) in [7, 11) is 3.24. The Hall–Kier alpha value is -2.51. The lowest BCUT2D eigenvalue weighted by Crippen LogP contribution is -2.31. The molecule has 0 saturated heterocycles. The monoisotopic (exact) mass is 312 g/mol. The first-order valence-electron chi connectivity index (χ1n) is 6.43. The number of amides is 2. The molecule has 1 aromatic carbocycles. The molecule has 0 atom stereocenters. The lowest BCUT2D eigenvalue weighted by Gasteiger charge is -2.19. The number of para-hydroxylation sites is 1. The Bertz CT molecular complexity index is 666. The van der Waals surface area contributed by atoms with Crippen molar-refractivity contribution >= 4 is 11.7 Å². The predicted molar refractivity (Wildman–Crippen MR) is 75.1 cm³/mol. The number of urea groups is 1. The van der Waals surface area contributed by atoms with Gasteiger partial charge in [-0.25, -0.2) is 4.79 Å². The number of anilines is 1. The van der Waals surface area contributed by atoms with Crippen LogP contribution in [-0.4, -0.2) is 27.8 Å². The molecule has 0 fully saturated rings. The third kappa shape index (κ3) is 3.78. The van der Waals surface area contributed by atoms with Crippen molar-refractivity contribution in [1.82, 2.24) is 14.7 Å². The van der Waals surface area contributed by atoms with Crippen molar-refractivity contribution in [3.63, 3.8) is 0 Å². The highest BCUT2D eigenvalue weighted by Gasteiger charge is 2.33. The van der Waals surface area contributed by atoms with Crippen LogP contribution in [0.5, 0.6) is 0 Å². The Kier molecular flexibility index (Phi) is 4.39. The molecule has 0 radical (unpaired) electrons. The Labute approximate surface area is 125 Å². The molecule has 1 aromatic heterocycles. The van der Waals surface area contributed by atoms with E-state index in [1.165, 1.54) is 30.1 Å². The topological polar surface area (TPSA) is 50.2 Å². The first-order chi connectivity index (χ1) is 10.3. The van der Waals surface area contributed by atoms with Crippen LogP contribution in [0.1, 0.15) is 11.1 Å². The molecule has 0 aliphatic rings. The fourth-order valence-corrected chi connectivity index (χ4v) is 1.95. The van der Waals surface area contributed by atoms with Gasteiger partial charge in [-0.05, 0) is 12.1 Å². The summed E-state index contributed by atoms with van der Waals surface area (Å²) in [5.74, 6) is 0. The molecule has 0 unspecified atom stereocenters. The lowest BCUT2D eigenvalue weighted by atomic mass is 10.1. The van der Waals surface area contributed by atoms with Crippen molar-refractivity contribution in [2.24, 2.45) is 7.05 Å². The summed E-state index contributed by atoms with van der Waals surface area (Å²) < 4.78 is 40.2. The summed E-state index contributed by atoms with van der Waals surface area (Å²) in [6.07, 6.45) is -1.20. The number of carbonyl (C=O) groups excluding carboxylic acids is 1. The van der Waals surface area contributed by atoms with Gasteiger partial charge >= 0.3 is 12.2 Å². The van der Waals surface area contributed by atoms with Crippen LogP contribution in [0.3, 0.4) is 0 Å². The van der Waals surface area contributed by atoms with Crippen molar-refractivity contribution in [2.75, 3.05) is 12.4 Å². The SMILES string of the molecule is CN(Cc1cnn(C)c1)C(=O)Nc1ccccc1C(F)(F)F. The van der Waals surface area contributed by atoms with Crippen molar-refractivity contribution in [3.05, 3.63) is 47.8 Å². The van der Waals surface area contributed by atoms with Crippen LogP contribution in [-0.2, 0) is 19.8 Å². The number of alkyl halides is 3. The number of hydrogen-bond donors (Lipinski definition) is 1. The van der Waals surface area contributed by atoms with Crippen molar-refractivity contribution in [1.29, 1.82) is 0 Å². The summed E-state index contributed by atoms with van der Waals surface area (Å²) in [6, 6.07) is 4.24. The normalized spacial score (nSPS) is 11.3. The number of aryl methyl sites for hydroxylation is 1. The van der Waals surface area contributed by atoms with Crippen molar-refractivity contribution in [2.45, 2.75) is 12.7 Å². The van der Waals surface area contributed by atoms with Crippen LogP contribution in [0.25, 0.3) is 0 Å². The molecule has 0 saturated carbocycles. The van der Waals surface area contributed by atoms with Crippen LogP contribution < -0.4 is 5.32 Å². The van der Waals surface area contributed by atoms with E-state index in [1.807, 2.05) is 0 Å². The van der Waals surface area contributed by atoms with Gasteiger partial charge in [0.1, 0.15) is 0 Å². The molecule has 1 N–H and O–H groups in total. The van der Waals surface area contributed by atoms with E-state index in [-0.39, 0.29) is 12.2 Å². The van der Waals surface area contributed by atoms with E-state index in [9.17, 15) is 18.0 Å². The minimum atomic E-state index is -4.52. The fourth-order valence-electron chi connectivity index (χ4n) is 1.95. The van der Waals surface area contributed by atoms with E-state index in [4.69, 9.17) is 0 Å². The number of halogens is 3. The standard InChI is InChI=1S/C14H15F3N4O/c1-20(8-10-7-18-21(2)9-10)13(22)19-12-6-4-3-5-11(12)14(15,16)17/h3-7,9H,8H2,1-2H3,(H,19,22). The molecule has 118 valence electrons.